The summed E-state index contributed by atoms with van der Waals surface area (Å²) in [5, 5.41) is 0.0588. The number of fused-ring (bicyclic) bond motifs is 1. The highest BCUT2D eigenvalue weighted by atomic mass is 35.5. The first-order valence-electron chi connectivity index (χ1n) is 13.9. The molecule has 0 saturated carbocycles. The molecule has 244 valence electrons. The molecule has 0 spiro atoms. The predicted molar refractivity (Wildman–Crippen MR) is 165 cm³/mol. The summed E-state index contributed by atoms with van der Waals surface area (Å²) in [6, 6.07) is 10.7. The van der Waals surface area contributed by atoms with Gasteiger partial charge in [0.15, 0.2) is 17.7 Å². The number of nitrogens with zero attached hydrogens (tertiary/aromatic N) is 3. The summed E-state index contributed by atoms with van der Waals surface area (Å²) in [5.41, 5.74) is -1.18. The monoisotopic (exact) mass is 699 g/mol. The van der Waals surface area contributed by atoms with Crippen molar-refractivity contribution >= 4 is 50.6 Å². The standard InChI is InChI=1S/C30H26Cl2F3N3O7S/c31-24-6-5-22(11-25(24)32)46(42,43)45-20-3-1-18(2-4-20)16-37-29(40)23-12-28(44-21(14-33)15-34)26(35)13-27(23)38(30(37)41)19-7-9-36(17-39)10-8-19/h1-6,11-13,17,19,21H,7-10,14-16H2. The molecule has 5 rings (SSSR count). The van der Waals surface area contributed by atoms with Gasteiger partial charge in [0.25, 0.3) is 5.56 Å². The Morgan fingerprint density at radius 3 is 2.24 bits per heavy atom. The summed E-state index contributed by atoms with van der Waals surface area (Å²) in [6.07, 6.45) is -0.209. The second-order valence-electron chi connectivity index (χ2n) is 10.5. The van der Waals surface area contributed by atoms with Crippen molar-refractivity contribution in [3.63, 3.8) is 0 Å². The van der Waals surface area contributed by atoms with Crippen molar-refractivity contribution in [2.75, 3.05) is 26.4 Å². The molecule has 0 aliphatic carbocycles. The molecule has 46 heavy (non-hydrogen) atoms. The highest BCUT2D eigenvalue weighted by Gasteiger charge is 2.26. The first kappa shape index (κ1) is 33.4. The number of benzene rings is 3. The van der Waals surface area contributed by atoms with E-state index >= 15 is 4.39 Å². The molecule has 1 fully saturated rings. The zero-order valence-corrected chi connectivity index (χ0v) is 26.2. The SMILES string of the molecule is O=CN1CCC(n2c(=O)n(Cc3ccc(OS(=O)(=O)c4ccc(Cl)c(Cl)c4)cc3)c(=O)c3cc(OC(CF)CF)c(F)cc32)CC1. The lowest BCUT2D eigenvalue weighted by Gasteiger charge is -2.31. The molecule has 3 aromatic carbocycles. The van der Waals surface area contributed by atoms with Crippen LogP contribution in [0.1, 0.15) is 24.4 Å². The molecule has 0 radical (unpaired) electrons. The molecule has 4 aromatic rings. The molecule has 0 bridgehead atoms. The average molecular weight is 701 g/mol. The fraction of sp³-hybridized carbons (Fsp3) is 0.300. The van der Waals surface area contributed by atoms with Crippen LogP contribution in [0.15, 0.2) is 69.1 Å². The fourth-order valence-corrected chi connectivity index (χ4v) is 6.46. The lowest BCUT2D eigenvalue weighted by atomic mass is 10.0. The zero-order chi connectivity index (χ0) is 33.2. The van der Waals surface area contributed by atoms with Crippen LogP contribution < -0.4 is 20.2 Å². The molecule has 0 unspecified atom stereocenters. The lowest BCUT2D eigenvalue weighted by molar-refractivity contribution is -0.119. The molecule has 1 saturated heterocycles. The molecule has 1 aliphatic rings. The minimum Gasteiger partial charge on any atom is -0.482 e. The van der Waals surface area contributed by atoms with E-state index in [1.165, 1.54) is 45.9 Å². The average Bonchev–Trinajstić information content (AvgIpc) is 3.04. The number of piperidine rings is 1. The van der Waals surface area contributed by atoms with E-state index in [0.29, 0.717) is 37.9 Å². The Morgan fingerprint density at radius 2 is 1.63 bits per heavy atom. The molecule has 0 N–H and O–H groups in total. The molecule has 1 aromatic heterocycles. The van der Waals surface area contributed by atoms with Crippen molar-refractivity contribution < 1.29 is 35.3 Å². The van der Waals surface area contributed by atoms with Crippen LogP contribution in [0.5, 0.6) is 11.5 Å². The number of ether oxygens (including phenoxy) is 1. The van der Waals surface area contributed by atoms with Crippen LogP contribution in [0, 0.1) is 5.82 Å². The Labute approximate surface area is 270 Å². The van der Waals surface area contributed by atoms with Crippen molar-refractivity contribution in [2.45, 2.75) is 36.4 Å². The van der Waals surface area contributed by atoms with Gasteiger partial charge in [-0.05, 0) is 54.8 Å². The first-order chi connectivity index (χ1) is 21.9. The second kappa shape index (κ2) is 13.8. The number of carbonyl (C=O) groups excluding carboxylic acids is 1. The second-order valence-corrected chi connectivity index (χ2v) is 12.9. The summed E-state index contributed by atoms with van der Waals surface area (Å²) >= 11 is 11.8. The smallest absolute Gasteiger partial charge is 0.339 e. The summed E-state index contributed by atoms with van der Waals surface area (Å²) in [5.74, 6) is -1.63. The topological polar surface area (TPSA) is 117 Å². The number of hydrogen-bond acceptors (Lipinski definition) is 7. The lowest BCUT2D eigenvalue weighted by Crippen LogP contribution is -2.44. The minimum atomic E-state index is -4.27. The van der Waals surface area contributed by atoms with Crippen LogP contribution in [-0.4, -0.2) is 61.4 Å². The van der Waals surface area contributed by atoms with Gasteiger partial charge in [-0.3, -0.25) is 18.7 Å². The van der Waals surface area contributed by atoms with Crippen LogP contribution in [0.4, 0.5) is 13.2 Å². The number of hydrogen-bond donors (Lipinski definition) is 0. The third kappa shape index (κ3) is 6.88. The van der Waals surface area contributed by atoms with E-state index in [2.05, 4.69) is 0 Å². The van der Waals surface area contributed by atoms with Crippen LogP contribution in [-0.2, 0) is 21.5 Å². The molecular weight excluding hydrogens is 674 g/mol. The first-order valence-corrected chi connectivity index (χ1v) is 16.1. The Hall–Kier alpha value is -4.01. The Balaban J connectivity index is 1.52. The summed E-state index contributed by atoms with van der Waals surface area (Å²) < 4.78 is 79.4. The normalized spacial score (nSPS) is 14.2. The Bertz CT molecular complexity index is 1990. The molecule has 10 nitrogen and oxygen atoms in total. The van der Waals surface area contributed by atoms with E-state index in [-0.39, 0.29) is 38.1 Å². The van der Waals surface area contributed by atoms with E-state index in [0.717, 1.165) is 22.8 Å². The summed E-state index contributed by atoms with van der Waals surface area (Å²) in [6.45, 7) is -2.09. The minimum absolute atomic E-state index is 0.0218. The third-order valence-electron chi connectivity index (χ3n) is 7.52. The third-order valence-corrected chi connectivity index (χ3v) is 9.51. The van der Waals surface area contributed by atoms with E-state index in [4.69, 9.17) is 32.1 Å². The number of amides is 1. The van der Waals surface area contributed by atoms with Gasteiger partial charge in [-0.2, -0.15) is 8.42 Å². The van der Waals surface area contributed by atoms with Crippen LogP contribution >= 0.6 is 23.2 Å². The number of likely N-dealkylation sites (tertiary alicyclic amines) is 1. The van der Waals surface area contributed by atoms with Gasteiger partial charge in [0.05, 0.1) is 27.5 Å². The van der Waals surface area contributed by atoms with Gasteiger partial charge in [-0.1, -0.05) is 35.3 Å². The van der Waals surface area contributed by atoms with Gasteiger partial charge in [0.1, 0.15) is 24.0 Å². The van der Waals surface area contributed by atoms with Crippen molar-refractivity contribution in [1.29, 1.82) is 0 Å². The van der Waals surface area contributed by atoms with Crippen molar-refractivity contribution in [2.24, 2.45) is 0 Å². The van der Waals surface area contributed by atoms with Crippen molar-refractivity contribution in [3.8, 4) is 11.5 Å². The molecule has 1 aliphatic heterocycles. The Morgan fingerprint density at radius 1 is 0.957 bits per heavy atom. The maximum absolute atomic E-state index is 15.1. The fourth-order valence-electron chi connectivity index (χ4n) is 5.13. The molecule has 16 heteroatoms. The van der Waals surface area contributed by atoms with Gasteiger partial charge >= 0.3 is 15.8 Å². The maximum atomic E-state index is 15.1. The summed E-state index contributed by atoms with van der Waals surface area (Å²) in [4.78, 5) is 40.1. The molecule has 1 amide bonds. The molecule has 0 atom stereocenters. The van der Waals surface area contributed by atoms with Crippen LogP contribution in [0.3, 0.4) is 0 Å². The van der Waals surface area contributed by atoms with Crippen LogP contribution in [0.25, 0.3) is 10.9 Å². The van der Waals surface area contributed by atoms with E-state index in [1.54, 1.807) is 0 Å². The quantitative estimate of drug-likeness (QED) is 0.161. The van der Waals surface area contributed by atoms with Gasteiger partial charge in [0.2, 0.25) is 6.41 Å². The van der Waals surface area contributed by atoms with Gasteiger partial charge < -0.3 is 13.8 Å². The van der Waals surface area contributed by atoms with Crippen LogP contribution in [0.2, 0.25) is 10.0 Å². The summed E-state index contributed by atoms with van der Waals surface area (Å²) in [7, 11) is -4.27. The number of carbonyl (C=O) groups is 1. The van der Waals surface area contributed by atoms with E-state index < -0.39 is 58.4 Å². The number of halogens is 5. The van der Waals surface area contributed by atoms with Gasteiger partial charge in [-0.15, -0.1) is 0 Å². The molecule has 2 heterocycles. The molecular formula is C30H26Cl2F3N3O7S. The number of alkyl halides is 2. The Kier molecular flexibility index (Phi) is 9.99. The van der Waals surface area contributed by atoms with E-state index in [9.17, 15) is 31.6 Å². The highest BCUT2D eigenvalue weighted by molar-refractivity contribution is 7.87. The predicted octanol–water partition coefficient (Wildman–Crippen LogP) is 4.90. The maximum Gasteiger partial charge on any atom is 0.339 e. The zero-order valence-electron chi connectivity index (χ0n) is 23.9. The number of aromatic nitrogens is 2. The van der Waals surface area contributed by atoms with E-state index in [1.807, 2.05) is 0 Å². The number of rotatable bonds is 11. The largest absolute Gasteiger partial charge is 0.482 e. The highest BCUT2D eigenvalue weighted by Crippen LogP contribution is 2.29. The van der Waals surface area contributed by atoms with Gasteiger partial charge in [-0.25, -0.2) is 18.0 Å². The van der Waals surface area contributed by atoms with Gasteiger partial charge in [0, 0.05) is 25.2 Å². The van der Waals surface area contributed by atoms with Crippen molar-refractivity contribution in [3.05, 3.63) is 96.9 Å². The van der Waals surface area contributed by atoms with Crippen molar-refractivity contribution in [1.82, 2.24) is 14.0 Å².